The van der Waals surface area contributed by atoms with E-state index in [0.717, 1.165) is 31.6 Å². The summed E-state index contributed by atoms with van der Waals surface area (Å²) in [6.07, 6.45) is 1.98. The average Bonchev–Trinajstić information content (AvgIpc) is 2.68. The van der Waals surface area contributed by atoms with Crippen molar-refractivity contribution in [2.45, 2.75) is 18.8 Å². The summed E-state index contributed by atoms with van der Waals surface area (Å²) in [5.74, 6) is -0.788. The van der Waals surface area contributed by atoms with Crippen LogP contribution in [0.15, 0.2) is 10.6 Å². The van der Waals surface area contributed by atoms with Crippen LogP contribution in [0, 0.1) is 0 Å². The van der Waals surface area contributed by atoms with Gasteiger partial charge in [-0.25, -0.2) is 4.79 Å². The standard InChI is InChI=1S/C9H12N2O3/c12-9(13)8-5-7(11-14-8)6-1-3-10-4-2-6/h5-6,10H,1-4H2,(H,12,13). The van der Waals surface area contributed by atoms with E-state index in [4.69, 9.17) is 9.63 Å². The SMILES string of the molecule is O=C(O)c1cc(C2CCNCC2)no1. The van der Waals surface area contributed by atoms with E-state index in [1.807, 2.05) is 0 Å². The molecular weight excluding hydrogens is 184 g/mol. The molecule has 14 heavy (non-hydrogen) atoms. The normalized spacial score (nSPS) is 18.3. The third-order valence-electron chi connectivity index (χ3n) is 2.50. The van der Waals surface area contributed by atoms with Crippen LogP contribution in [-0.4, -0.2) is 29.3 Å². The lowest BCUT2D eigenvalue weighted by atomic mass is 9.95. The monoisotopic (exact) mass is 196 g/mol. The van der Waals surface area contributed by atoms with Crippen LogP contribution in [-0.2, 0) is 0 Å². The highest BCUT2D eigenvalue weighted by molar-refractivity contribution is 5.84. The molecule has 0 atom stereocenters. The molecule has 0 spiro atoms. The first kappa shape index (κ1) is 9.21. The molecule has 2 rings (SSSR count). The summed E-state index contributed by atoms with van der Waals surface area (Å²) < 4.78 is 4.71. The molecule has 76 valence electrons. The quantitative estimate of drug-likeness (QED) is 0.733. The first-order chi connectivity index (χ1) is 6.77. The van der Waals surface area contributed by atoms with Gasteiger partial charge in [-0.2, -0.15) is 0 Å². The topological polar surface area (TPSA) is 75.4 Å². The Morgan fingerprint density at radius 2 is 2.29 bits per heavy atom. The molecule has 1 saturated heterocycles. The fraction of sp³-hybridized carbons (Fsp3) is 0.556. The highest BCUT2D eigenvalue weighted by atomic mass is 16.5. The molecule has 0 amide bonds. The Kier molecular flexibility index (Phi) is 2.49. The Labute approximate surface area is 81.1 Å². The van der Waals surface area contributed by atoms with E-state index in [0.29, 0.717) is 5.92 Å². The predicted octanol–water partition coefficient (Wildman–Crippen LogP) is 0.840. The number of rotatable bonds is 2. The molecule has 0 saturated carbocycles. The van der Waals surface area contributed by atoms with Gasteiger partial charge in [-0.15, -0.1) is 0 Å². The van der Waals surface area contributed by atoms with Gasteiger partial charge in [-0.05, 0) is 25.9 Å². The minimum absolute atomic E-state index is 0.0708. The van der Waals surface area contributed by atoms with Crippen LogP contribution in [0.1, 0.15) is 35.0 Å². The smallest absolute Gasteiger partial charge is 0.374 e. The van der Waals surface area contributed by atoms with E-state index in [-0.39, 0.29) is 5.76 Å². The summed E-state index contributed by atoms with van der Waals surface area (Å²) in [5.41, 5.74) is 0.768. The highest BCUT2D eigenvalue weighted by Crippen LogP contribution is 2.24. The highest BCUT2D eigenvalue weighted by Gasteiger charge is 2.20. The number of piperidine rings is 1. The van der Waals surface area contributed by atoms with Gasteiger partial charge in [-0.3, -0.25) is 0 Å². The van der Waals surface area contributed by atoms with E-state index in [1.165, 1.54) is 6.07 Å². The van der Waals surface area contributed by atoms with E-state index >= 15 is 0 Å². The molecule has 5 heteroatoms. The zero-order valence-electron chi connectivity index (χ0n) is 7.69. The van der Waals surface area contributed by atoms with Crippen LogP contribution in [0.5, 0.6) is 0 Å². The number of hydrogen-bond acceptors (Lipinski definition) is 4. The molecular formula is C9H12N2O3. The summed E-state index contributed by atoms with van der Waals surface area (Å²) in [6.45, 7) is 1.92. The summed E-state index contributed by atoms with van der Waals surface area (Å²) in [6, 6.07) is 1.53. The summed E-state index contributed by atoms with van der Waals surface area (Å²) in [5, 5.41) is 15.7. The molecule has 0 aromatic carbocycles. The van der Waals surface area contributed by atoms with Crippen LogP contribution < -0.4 is 5.32 Å². The van der Waals surface area contributed by atoms with Crippen LogP contribution in [0.2, 0.25) is 0 Å². The molecule has 0 unspecified atom stereocenters. The molecule has 1 aromatic rings. The maximum atomic E-state index is 10.6. The van der Waals surface area contributed by atoms with Gasteiger partial charge in [0.1, 0.15) is 0 Å². The lowest BCUT2D eigenvalue weighted by Gasteiger charge is -2.19. The van der Waals surface area contributed by atoms with E-state index in [2.05, 4.69) is 10.5 Å². The van der Waals surface area contributed by atoms with Gasteiger partial charge in [0.15, 0.2) is 0 Å². The Morgan fingerprint density at radius 1 is 1.57 bits per heavy atom. The first-order valence-electron chi connectivity index (χ1n) is 4.68. The largest absolute Gasteiger partial charge is 0.475 e. The average molecular weight is 196 g/mol. The second kappa shape index (κ2) is 3.79. The van der Waals surface area contributed by atoms with Crippen LogP contribution in [0.3, 0.4) is 0 Å². The maximum absolute atomic E-state index is 10.6. The van der Waals surface area contributed by atoms with Crippen molar-refractivity contribution in [3.63, 3.8) is 0 Å². The van der Waals surface area contributed by atoms with Gasteiger partial charge < -0.3 is 14.9 Å². The second-order valence-electron chi connectivity index (χ2n) is 3.45. The van der Waals surface area contributed by atoms with Gasteiger partial charge in [-0.1, -0.05) is 5.16 Å². The molecule has 2 heterocycles. The fourth-order valence-corrected chi connectivity index (χ4v) is 1.70. The summed E-state index contributed by atoms with van der Waals surface area (Å²) >= 11 is 0. The van der Waals surface area contributed by atoms with Crippen molar-refractivity contribution in [2.24, 2.45) is 0 Å². The second-order valence-corrected chi connectivity index (χ2v) is 3.45. The Balaban J connectivity index is 2.11. The zero-order chi connectivity index (χ0) is 9.97. The van der Waals surface area contributed by atoms with Crippen molar-refractivity contribution in [1.82, 2.24) is 10.5 Å². The zero-order valence-corrected chi connectivity index (χ0v) is 7.69. The Hall–Kier alpha value is -1.36. The number of aromatic nitrogens is 1. The van der Waals surface area contributed by atoms with Crippen molar-refractivity contribution >= 4 is 5.97 Å². The number of hydrogen-bond donors (Lipinski definition) is 2. The molecule has 1 aliphatic heterocycles. The maximum Gasteiger partial charge on any atom is 0.374 e. The Morgan fingerprint density at radius 3 is 2.86 bits per heavy atom. The number of aromatic carboxylic acids is 1. The molecule has 5 nitrogen and oxygen atoms in total. The van der Waals surface area contributed by atoms with Crippen molar-refractivity contribution in [3.8, 4) is 0 Å². The lowest BCUT2D eigenvalue weighted by Crippen LogP contribution is -2.26. The van der Waals surface area contributed by atoms with Gasteiger partial charge in [0.2, 0.25) is 5.76 Å². The van der Waals surface area contributed by atoms with Crippen LogP contribution in [0.25, 0.3) is 0 Å². The number of nitrogens with zero attached hydrogens (tertiary/aromatic N) is 1. The molecule has 2 N–H and O–H groups in total. The summed E-state index contributed by atoms with van der Waals surface area (Å²) in [7, 11) is 0. The Bertz CT molecular complexity index is 329. The summed E-state index contributed by atoms with van der Waals surface area (Å²) in [4.78, 5) is 10.6. The molecule has 1 aromatic heterocycles. The van der Waals surface area contributed by atoms with Gasteiger partial charge >= 0.3 is 5.97 Å². The van der Waals surface area contributed by atoms with Crippen molar-refractivity contribution in [3.05, 3.63) is 17.5 Å². The van der Waals surface area contributed by atoms with Gasteiger partial charge in [0.05, 0.1) is 5.69 Å². The number of carbonyl (C=O) groups is 1. The van der Waals surface area contributed by atoms with Crippen molar-refractivity contribution < 1.29 is 14.4 Å². The van der Waals surface area contributed by atoms with E-state index in [9.17, 15) is 4.79 Å². The van der Waals surface area contributed by atoms with E-state index < -0.39 is 5.97 Å². The molecule has 0 aliphatic carbocycles. The van der Waals surface area contributed by atoms with Crippen molar-refractivity contribution in [1.29, 1.82) is 0 Å². The van der Waals surface area contributed by atoms with Crippen molar-refractivity contribution in [2.75, 3.05) is 13.1 Å². The number of carboxylic acid groups (broad SMARTS) is 1. The minimum atomic E-state index is -1.06. The lowest BCUT2D eigenvalue weighted by molar-refractivity contribution is 0.0652. The molecule has 0 radical (unpaired) electrons. The van der Waals surface area contributed by atoms with E-state index in [1.54, 1.807) is 0 Å². The van der Waals surface area contributed by atoms with Crippen LogP contribution >= 0.6 is 0 Å². The third-order valence-corrected chi connectivity index (χ3v) is 2.50. The predicted molar refractivity (Wildman–Crippen MR) is 48.3 cm³/mol. The first-order valence-corrected chi connectivity index (χ1v) is 4.68. The van der Waals surface area contributed by atoms with Gasteiger partial charge in [0.25, 0.3) is 0 Å². The minimum Gasteiger partial charge on any atom is -0.475 e. The third kappa shape index (κ3) is 1.77. The molecule has 1 aliphatic rings. The molecule has 0 bridgehead atoms. The molecule has 1 fully saturated rings. The van der Waals surface area contributed by atoms with Crippen LogP contribution in [0.4, 0.5) is 0 Å². The van der Waals surface area contributed by atoms with Gasteiger partial charge in [0, 0.05) is 12.0 Å². The fourth-order valence-electron chi connectivity index (χ4n) is 1.70. The number of carboxylic acids is 1. The number of nitrogens with one attached hydrogen (secondary N) is 1.